The normalized spacial score (nSPS) is 16.2. The molecule has 1 aliphatic rings. The number of piperidine rings is 1. The number of hydrogen-bond donors (Lipinski definition) is 2. The van der Waals surface area contributed by atoms with E-state index in [1.54, 1.807) is 13.0 Å². The molecule has 0 aliphatic carbocycles. The fourth-order valence-corrected chi connectivity index (χ4v) is 4.32. The van der Waals surface area contributed by atoms with E-state index in [1.165, 1.54) is 24.5 Å². The van der Waals surface area contributed by atoms with Crippen LogP contribution in [0, 0.1) is 5.82 Å². The molecule has 1 fully saturated rings. The van der Waals surface area contributed by atoms with Crippen LogP contribution in [0.15, 0.2) is 36.4 Å². The van der Waals surface area contributed by atoms with E-state index in [4.69, 9.17) is 0 Å². The van der Waals surface area contributed by atoms with Gasteiger partial charge in [-0.25, -0.2) is 8.60 Å². The maximum Gasteiger partial charge on any atom is 0.416 e. The lowest BCUT2D eigenvalue weighted by molar-refractivity contribution is -0.137. The molecule has 0 aromatic heterocycles. The molecule has 2 N–H and O–H groups in total. The molecule has 1 saturated heterocycles. The van der Waals surface area contributed by atoms with Gasteiger partial charge in [-0.3, -0.25) is 4.79 Å². The van der Waals surface area contributed by atoms with E-state index in [0.29, 0.717) is 29.9 Å². The summed E-state index contributed by atoms with van der Waals surface area (Å²) in [6.45, 7) is 3.01. The van der Waals surface area contributed by atoms with Crippen LogP contribution in [0.4, 0.5) is 28.9 Å². The Balaban J connectivity index is 1.75. The first kappa shape index (κ1) is 25.0. The van der Waals surface area contributed by atoms with Gasteiger partial charge in [-0.1, -0.05) is 12.1 Å². The van der Waals surface area contributed by atoms with Gasteiger partial charge in [0.15, 0.2) is 0 Å². The third-order valence-electron chi connectivity index (χ3n) is 5.70. The number of nitrogens with zero attached hydrogens (tertiary/aromatic N) is 1. The smallest absolute Gasteiger partial charge is 0.371 e. The molecule has 1 aliphatic heterocycles. The van der Waals surface area contributed by atoms with Crippen molar-refractivity contribution in [3.8, 4) is 0 Å². The molecule has 0 spiro atoms. The van der Waals surface area contributed by atoms with Crippen LogP contribution in [-0.2, 0) is 28.5 Å². The Labute approximate surface area is 193 Å². The topological polar surface area (TPSA) is 61.4 Å². The highest BCUT2D eigenvalue weighted by atomic mass is 32.2. The molecular weight excluding hydrogens is 458 g/mol. The van der Waals surface area contributed by atoms with Gasteiger partial charge in [0.2, 0.25) is 5.91 Å². The molecular formula is C23H27F4N3O2S. The molecule has 2 aromatic carbocycles. The van der Waals surface area contributed by atoms with Gasteiger partial charge in [0, 0.05) is 31.6 Å². The Morgan fingerprint density at radius 3 is 2.42 bits per heavy atom. The maximum atomic E-state index is 14.3. The lowest BCUT2D eigenvalue weighted by Crippen LogP contribution is -2.32. The molecule has 3 rings (SSSR count). The van der Waals surface area contributed by atoms with Crippen molar-refractivity contribution in [3.63, 3.8) is 0 Å². The predicted molar refractivity (Wildman–Crippen MR) is 122 cm³/mol. The number of benzene rings is 2. The number of amides is 1. The van der Waals surface area contributed by atoms with E-state index in [0.717, 1.165) is 31.4 Å². The number of anilines is 2. The van der Waals surface area contributed by atoms with Crippen molar-refractivity contribution >= 4 is 28.3 Å². The van der Waals surface area contributed by atoms with E-state index in [1.807, 2.05) is 4.90 Å². The van der Waals surface area contributed by atoms with Crippen molar-refractivity contribution < 1.29 is 26.6 Å². The monoisotopic (exact) mass is 485 g/mol. The Hall–Kier alpha value is -2.62. The minimum Gasteiger partial charge on any atom is -0.371 e. The minimum absolute atomic E-state index is 0.0596. The third kappa shape index (κ3) is 6.46. The average molecular weight is 486 g/mol. The largest absolute Gasteiger partial charge is 0.416 e. The molecule has 2 atom stereocenters. The highest BCUT2D eigenvalue weighted by molar-refractivity contribution is 7.85. The van der Waals surface area contributed by atoms with Crippen LogP contribution >= 0.6 is 0 Å². The van der Waals surface area contributed by atoms with Crippen molar-refractivity contribution in [3.05, 3.63) is 58.9 Å². The van der Waals surface area contributed by atoms with Crippen LogP contribution in [0.5, 0.6) is 0 Å². The van der Waals surface area contributed by atoms with E-state index in [-0.39, 0.29) is 18.1 Å². The second kappa shape index (κ2) is 10.5. The molecule has 0 bridgehead atoms. The third-order valence-corrected chi connectivity index (χ3v) is 6.21. The summed E-state index contributed by atoms with van der Waals surface area (Å²) in [5, 5.41) is 2.77. The van der Waals surface area contributed by atoms with Crippen LogP contribution in [0.2, 0.25) is 0 Å². The van der Waals surface area contributed by atoms with E-state index in [2.05, 4.69) is 10.0 Å². The predicted octanol–water partition coefficient (Wildman–Crippen LogP) is 4.96. The lowest BCUT2D eigenvalue weighted by atomic mass is 9.99. The quantitative estimate of drug-likeness (QED) is 0.545. The van der Waals surface area contributed by atoms with Gasteiger partial charge in [-0.15, -0.1) is 0 Å². The molecule has 2 aromatic rings. The summed E-state index contributed by atoms with van der Waals surface area (Å²) in [4.78, 5) is 14.6. The Morgan fingerprint density at radius 2 is 1.82 bits per heavy atom. The molecule has 1 amide bonds. The minimum atomic E-state index is -4.45. The number of nitrogens with one attached hydrogen (secondary N) is 2. The van der Waals surface area contributed by atoms with Crippen LogP contribution in [0.25, 0.3) is 0 Å². The van der Waals surface area contributed by atoms with Crippen LogP contribution in [0.1, 0.15) is 48.8 Å². The van der Waals surface area contributed by atoms with Crippen molar-refractivity contribution in [1.29, 1.82) is 0 Å². The number of halogens is 4. The zero-order valence-electron chi connectivity index (χ0n) is 18.5. The average Bonchev–Trinajstić information content (AvgIpc) is 2.78. The molecule has 2 unspecified atom stereocenters. The van der Waals surface area contributed by atoms with Gasteiger partial charge in [0.1, 0.15) is 16.8 Å². The number of hydrogen-bond acceptors (Lipinski definition) is 3. The summed E-state index contributed by atoms with van der Waals surface area (Å²) in [6, 6.07) is 7.77. The molecule has 180 valence electrons. The SMILES string of the molecule is CC(C(=O)NCc1ccc(C(F)(F)F)cc1N1CCCCC1)c1ccc(NS(C)=O)c(F)c1. The molecule has 33 heavy (non-hydrogen) atoms. The summed E-state index contributed by atoms with van der Waals surface area (Å²) in [6.07, 6.45) is -0.223. The van der Waals surface area contributed by atoms with Crippen molar-refractivity contribution in [2.45, 2.75) is 44.8 Å². The van der Waals surface area contributed by atoms with Gasteiger partial charge in [0.25, 0.3) is 0 Å². The summed E-state index contributed by atoms with van der Waals surface area (Å²) in [5.74, 6) is -1.69. The van der Waals surface area contributed by atoms with Gasteiger partial charge in [-0.2, -0.15) is 13.2 Å². The first-order valence-corrected chi connectivity index (χ1v) is 12.2. The maximum absolute atomic E-state index is 14.3. The zero-order chi connectivity index (χ0) is 24.2. The summed E-state index contributed by atoms with van der Waals surface area (Å²) < 4.78 is 67.8. The van der Waals surface area contributed by atoms with Crippen LogP contribution in [-0.4, -0.2) is 29.5 Å². The van der Waals surface area contributed by atoms with Crippen molar-refractivity contribution in [2.75, 3.05) is 29.0 Å². The second-order valence-corrected chi connectivity index (χ2v) is 9.24. The molecule has 0 radical (unpaired) electrons. The van der Waals surface area contributed by atoms with Crippen LogP contribution in [0.3, 0.4) is 0 Å². The fraction of sp³-hybridized carbons (Fsp3) is 0.435. The Bertz CT molecular complexity index is 1020. The summed E-state index contributed by atoms with van der Waals surface area (Å²) >= 11 is 0. The van der Waals surface area contributed by atoms with E-state index < -0.39 is 34.5 Å². The Morgan fingerprint density at radius 1 is 1.12 bits per heavy atom. The zero-order valence-corrected chi connectivity index (χ0v) is 19.3. The lowest BCUT2D eigenvalue weighted by Gasteiger charge is -2.31. The van der Waals surface area contributed by atoms with Gasteiger partial charge >= 0.3 is 6.18 Å². The number of carbonyl (C=O) groups excluding carboxylic acids is 1. The number of carbonyl (C=O) groups is 1. The van der Waals surface area contributed by atoms with E-state index in [9.17, 15) is 26.6 Å². The highest BCUT2D eigenvalue weighted by Gasteiger charge is 2.32. The molecule has 1 heterocycles. The molecule has 0 saturated carbocycles. The van der Waals surface area contributed by atoms with Crippen molar-refractivity contribution in [1.82, 2.24) is 5.32 Å². The van der Waals surface area contributed by atoms with Crippen molar-refractivity contribution in [2.24, 2.45) is 0 Å². The van der Waals surface area contributed by atoms with Gasteiger partial charge < -0.3 is 14.9 Å². The summed E-state index contributed by atoms with van der Waals surface area (Å²) in [5.41, 5.74) is 0.862. The highest BCUT2D eigenvalue weighted by Crippen LogP contribution is 2.34. The molecule has 5 nitrogen and oxygen atoms in total. The second-order valence-electron chi connectivity index (χ2n) is 8.12. The number of rotatable bonds is 7. The number of alkyl halides is 3. The van der Waals surface area contributed by atoms with E-state index >= 15 is 0 Å². The summed E-state index contributed by atoms with van der Waals surface area (Å²) in [7, 11) is -1.43. The fourth-order valence-electron chi connectivity index (χ4n) is 3.84. The standard InChI is InChI=1S/C23H27F4N3O2S/c1-15(16-7-9-20(19(24)12-16)29-33(2)32)22(31)28-14-17-6-8-18(23(25,26)27)13-21(17)30-10-4-3-5-11-30/h6-9,12-13,15,29H,3-5,10-11,14H2,1-2H3,(H,28,31). The Kier molecular flexibility index (Phi) is 7.99. The molecule has 10 heteroatoms. The first-order valence-electron chi connectivity index (χ1n) is 10.7. The van der Waals surface area contributed by atoms with Gasteiger partial charge in [0.05, 0.1) is 17.2 Å². The van der Waals surface area contributed by atoms with Crippen LogP contribution < -0.4 is 14.9 Å². The first-order chi connectivity index (χ1) is 15.6. The van der Waals surface area contributed by atoms with Gasteiger partial charge in [-0.05, 0) is 61.6 Å².